The first-order valence-electron chi connectivity index (χ1n) is 10.2. The van der Waals surface area contributed by atoms with E-state index < -0.39 is 0 Å². The number of nitrogens with zero attached hydrogens (tertiary/aromatic N) is 1. The van der Waals surface area contributed by atoms with Crippen molar-refractivity contribution in [3.63, 3.8) is 0 Å². The Morgan fingerprint density at radius 3 is 1.89 bits per heavy atom. The van der Waals surface area contributed by atoms with Crippen LogP contribution in [0.25, 0.3) is 21.8 Å². The Kier molecular flexibility index (Phi) is 6.35. The third-order valence-corrected chi connectivity index (χ3v) is 10.6. The minimum atomic E-state index is -0.0653. The Hall–Kier alpha value is -1.29. The molecule has 0 saturated carbocycles. The molecular formula is C25H33IN-. The van der Waals surface area contributed by atoms with E-state index in [0.29, 0.717) is 3.42 Å². The molecule has 0 bridgehead atoms. The average molecular weight is 474 g/mol. The first-order chi connectivity index (χ1) is 13.0. The molecule has 0 aliphatic rings. The summed E-state index contributed by atoms with van der Waals surface area (Å²) >= 11 is -0.0653. The number of aromatic nitrogens is 1. The minimum absolute atomic E-state index is 0.0653. The molecule has 1 nitrogen and oxygen atoms in total. The van der Waals surface area contributed by atoms with E-state index in [-0.39, 0.29) is 24.8 Å². The van der Waals surface area contributed by atoms with Crippen LogP contribution >= 0.6 is 0 Å². The molecule has 0 fully saturated rings. The van der Waals surface area contributed by atoms with E-state index in [0.717, 1.165) is 0 Å². The van der Waals surface area contributed by atoms with Gasteiger partial charge in [-0.2, -0.15) is 0 Å². The Bertz CT molecular complexity index is 875. The molecule has 2 aromatic carbocycles. The molecule has 3 aromatic rings. The third kappa shape index (κ3) is 3.96. The predicted octanol–water partition coefficient (Wildman–Crippen LogP) is 4.49. The Morgan fingerprint density at radius 1 is 0.889 bits per heavy atom. The zero-order valence-corrected chi connectivity index (χ0v) is 19.6. The summed E-state index contributed by atoms with van der Waals surface area (Å²) in [5, 5.41) is 2.80. The van der Waals surface area contributed by atoms with Crippen LogP contribution in [0.1, 0.15) is 60.3 Å². The van der Waals surface area contributed by atoms with E-state index in [9.17, 15) is 0 Å². The molecule has 0 unspecified atom stereocenters. The monoisotopic (exact) mass is 474 g/mol. The number of allylic oxidation sites excluding steroid dienone is 2. The molecule has 0 radical (unpaired) electrons. The van der Waals surface area contributed by atoms with Gasteiger partial charge in [0.15, 0.2) is 0 Å². The standard InChI is InChI=1S/C25H33IN/c1-6-9-14-19-24(4,5)26-25(7-2,8-3)27-22-17-12-10-15-20(22)21-16-11-13-18-23(21)27/h6,9-13,15-18H,7-8,14,19H2,1-5H3/q-1/b9-6-. The Morgan fingerprint density at radius 2 is 1.41 bits per heavy atom. The molecule has 0 saturated heterocycles. The van der Waals surface area contributed by atoms with Gasteiger partial charge in [0.25, 0.3) is 0 Å². The zero-order valence-electron chi connectivity index (χ0n) is 17.4. The van der Waals surface area contributed by atoms with Crippen molar-refractivity contribution in [3.05, 3.63) is 60.7 Å². The van der Waals surface area contributed by atoms with Gasteiger partial charge < -0.3 is 0 Å². The number of halogens is 1. The van der Waals surface area contributed by atoms with Crippen LogP contribution in [0.2, 0.25) is 0 Å². The Balaban J connectivity index is 2.17. The van der Waals surface area contributed by atoms with Gasteiger partial charge >= 0.3 is 176 Å². The van der Waals surface area contributed by atoms with Crippen LogP contribution in [-0.4, -0.2) is 7.99 Å². The van der Waals surface area contributed by atoms with Crippen LogP contribution in [0.4, 0.5) is 0 Å². The van der Waals surface area contributed by atoms with Crippen LogP contribution < -0.4 is 21.2 Å². The first-order valence-corrected chi connectivity index (χ1v) is 12.4. The van der Waals surface area contributed by atoms with Gasteiger partial charge in [-0.1, -0.05) is 0 Å². The summed E-state index contributed by atoms with van der Waals surface area (Å²) in [6.07, 6.45) is 9.39. The van der Waals surface area contributed by atoms with E-state index in [2.05, 4.69) is 99.9 Å². The summed E-state index contributed by atoms with van der Waals surface area (Å²) in [5.41, 5.74) is 2.82. The number of para-hydroxylation sites is 2. The quantitative estimate of drug-likeness (QED) is 0.258. The number of benzene rings is 2. The molecule has 0 aliphatic heterocycles. The summed E-state index contributed by atoms with van der Waals surface area (Å²) < 4.78 is 3.39. The number of alkyl halides is 2. The van der Waals surface area contributed by atoms with Gasteiger partial charge in [0.05, 0.1) is 0 Å². The number of hydrogen-bond donors (Lipinski definition) is 0. The molecule has 0 aliphatic carbocycles. The molecule has 3 rings (SSSR count). The molecule has 0 N–H and O–H groups in total. The second-order valence-corrected chi connectivity index (χ2v) is 13.4. The number of fused-ring (bicyclic) bond motifs is 3. The first kappa shape index (κ1) is 20.4. The molecule has 0 atom stereocenters. The SMILES string of the molecule is C/C=C\CCC(C)(C)[I-]C(CC)(CC)n1c2ccccc2c2ccccc21. The van der Waals surface area contributed by atoms with E-state index in [1.54, 1.807) is 0 Å². The normalized spacial score (nSPS) is 13.4. The molecule has 1 aromatic heterocycles. The van der Waals surface area contributed by atoms with Crippen molar-refractivity contribution >= 4 is 21.8 Å². The van der Waals surface area contributed by atoms with Crippen LogP contribution in [-0.2, 0) is 3.55 Å². The summed E-state index contributed by atoms with van der Waals surface area (Å²) in [7, 11) is 0. The molecule has 0 spiro atoms. The van der Waals surface area contributed by atoms with Gasteiger partial charge in [0.2, 0.25) is 0 Å². The Labute approximate surface area is 175 Å². The van der Waals surface area contributed by atoms with Crippen molar-refractivity contribution in [3.8, 4) is 0 Å². The van der Waals surface area contributed by atoms with Crippen LogP contribution in [0.15, 0.2) is 60.7 Å². The van der Waals surface area contributed by atoms with Gasteiger partial charge in [-0.05, 0) is 0 Å². The number of rotatable bonds is 8. The summed E-state index contributed by atoms with van der Waals surface area (Å²) in [5.74, 6) is 0. The van der Waals surface area contributed by atoms with Crippen molar-refractivity contribution < 1.29 is 21.2 Å². The third-order valence-electron chi connectivity index (χ3n) is 5.64. The van der Waals surface area contributed by atoms with Crippen LogP contribution in [0.5, 0.6) is 0 Å². The maximum absolute atomic E-state index is 2.72. The van der Waals surface area contributed by atoms with E-state index in [1.165, 1.54) is 47.5 Å². The molecule has 146 valence electrons. The fourth-order valence-electron chi connectivity index (χ4n) is 4.21. The van der Waals surface area contributed by atoms with Crippen molar-refractivity contribution in [1.29, 1.82) is 0 Å². The van der Waals surface area contributed by atoms with Gasteiger partial charge in [0, 0.05) is 0 Å². The van der Waals surface area contributed by atoms with Crippen molar-refractivity contribution in [1.82, 2.24) is 4.57 Å². The van der Waals surface area contributed by atoms with Gasteiger partial charge in [-0.25, -0.2) is 0 Å². The van der Waals surface area contributed by atoms with Crippen molar-refractivity contribution in [2.75, 3.05) is 0 Å². The van der Waals surface area contributed by atoms with Crippen molar-refractivity contribution in [2.45, 2.75) is 67.3 Å². The second-order valence-electron chi connectivity index (χ2n) is 7.92. The molecule has 0 amide bonds. The molecule has 1 heterocycles. The average Bonchev–Trinajstić information content (AvgIpc) is 3.01. The van der Waals surface area contributed by atoms with E-state index >= 15 is 0 Å². The summed E-state index contributed by atoms with van der Waals surface area (Å²) in [6.45, 7) is 11.9. The fraction of sp³-hybridized carbons (Fsp3) is 0.440. The van der Waals surface area contributed by atoms with E-state index in [4.69, 9.17) is 0 Å². The van der Waals surface area contributed by atoms with Gasteiger partial charge in [-0.15, -0.1) is 0 Å². The predicted molar refractivity (Wildman–Crippen MR) is 116 cm³/mol. The van der Waals surface area contributed by atoms with Gasteiger partial charge in [0.1, 0.15) is 0 Å². The molecule has 27 heavy (non-hydrogen) atoms. The van der Waals surface area contributed by atoms with Crippen LogP contribution in [0, 0.1) is 0 Å². The molecular weight excluding hydrogens is 441 g/mol. The summed E-state index contributed by atoms with van der Waals surface area (Å²) in [4.78, 5) is 0. The van der Waals surface area contributed by atoms with Crippen LogP contribution in [0.3, 0.4) is 0 Å². The number of hydrogen-bond acceptors (Lipinski definition) is 0. The molecule has 2 heteroatoms. The van der Waals surface area contributed by atoms with Crippen molar-refractivity contribution in [2.24, 2.45) is 0 Å². The van der Waals surface area contributed by atoms with Gasteiger partial charge in [-0.3, -0.25) is 0 Å². The maximum atomic E-state index is 2.72. The topological polar surface area (TPSA) is 4.93 Å². The fourth-order valence-corrected chi connectivity index (χ4v) is 9.04. The summed E-state index contributed by atoms with van der Waals surface area (Å²) in [6, 6.07) is 18.0. The zero-order chi connectivity index (χ0) is 19.5. The van der Waals surface area contributed by atoms with E-state index in [1.807, 2.05) is 0 Å². The second kappa shape index (κ2) is 8.38.